The number of nitrogens with one attached hydrogen (secondary N) is 2. The van der Waals surface area contributed by atoms with Gasteiger partial charge in [-0.05, 0) is 6.42 Å². The Morgan fingerprint density at radius 3 is 3.08 bits per heavy atom. The molecule has 0 spiro atoms. The van der Waals surface area contributed by atoms with Crippen molar-refractivity contribution in [2.24, 2.45) is 0 Å². The Balaban J connectivity index is 2.71. The molecule has 1 rings (SSSR count). The topological polar surface area (TPSA) is 74.8 Å². The van der Waals surface area contributed by atoms with Crippen molar-refractivity contribution in [3.63, 3.8) is 0 Å². The lowest BCUT2D eigenvalue weighted by atomic mass is 10.3. The van der Waals surface area contributed by atoms with Gasteiger partial charge in [0, 0.05) is 12.6 Å². The van der Waals surface area contributed by atoms with Gasteiger partial charge in [0.15, 0.2) is 0 Å². The zero-order chi connectivity index (χ0) is 9.68. The zero-order valence-corrected chi connectivity index (χ0v) is 7.33. The molecular weight excluding hydrogens is 170 g/mol. The van der Waals surface area contributed by atoms with E-state index in [0.717, 1.165) is 6.42 Å². The van der Waals surface area contributed by atoms with Gasteiger partial charge in [0.05, 0.1) is 6.33 Å². The molecule has 1 amide bonds. The van der Waals surface area contributed by atoms with Crippen molar-refractivity contribution >= 4 is 5.91 Å². The van der Waals surface area contributed by atoms with Crippen LogP contribution in [-0.4, -0.2) is 22.4 Å². The zero-order valence-electron chi connectivity index (χ0n) is 7.33. The van der Waals surface area contributed by atoms with Crippen LogP contribution in [0.5, 0.6) is 0 Å². The van der Waals surface area contributed by atoms with Gasteiger partial charge in [-0.2, -0.15) is 0 Å². The summed E-state index contributed by atoms with van der Waals surface area (Å²) < 4.78 is 0. The van der Waals surface area contributed by atoms with E-state index in [1.54, 1.807) is 0 Å². The lowest BCUT2D eigenvalue weighted by Crippen LogP contribution is -2.26. The van der Waals surface area contributed by atoms with Crippen LogP contribution in [0.2, 0.25) is 0 Å². The molecule has 0 saturated heterocycles. The van der Waals surface area contributed by atoms with Crippen LogP contribution in [0.4, 0.5) is 0 Å². The number of amides is 1. The molecule has 0 aliphatic rings. The van der Waals surface area contributed by atoms with Gasteiger partial charge in [-0.25, -0.2) is 4.98 Å². The summed E-state index contributed by atoms with van der Waals surface area (Å²) in [5, 5.41) is 2.62. The standard InChI is InChI=1S/C8H11N3O2/c1-2-3-9-8(13)6-4-7(12)11-5-10-6/h4-5H,2-3H2,1H3,(H,9,13)(H,10,11,12). The van der Waals surface area contributed by atoms with Gasteiger partial charge in [0.2, 0.25) is 0 Å². The van der Waals surface area contributed by atoms with Gasteiger partial charge in [-0.3, -0.25) is 9.59 Å². The summed E-state index contributed by atoms with van der Waals surface area (Å²) in [5.74, 6) is -0.312. The van der Waals surface area contributed by atoms with Crippen molar-refractivity contribution in [1.29, 1.82) is 0 Å². The van der Waals surface area contributed by atoms with Crippen LogP contribution in [0.25, 0.3) is 0 Å². The highest BCUT2D eigenvalue weighted by Crippen LogP contribution is 1.86. The molecule has 0 unspecified atom stereocenters. The maximum Gasteiger partial charge on any atom is 0.270 e. The first kappa shape index (κ1) is 9.44. The maximum atomic E-state index is 11.2. The van der Waals surface area contributed by atoms with Crippen molar-refractivity contribution in [1.82, 2.24) is 15.3 Å². The Labute approximate surface area is 75.2 Å². The molecule has 70 valence electrons. The van der Waals surface area contributed by atoms with Crippen molar-refractivity contribution in [3.05, 3.63) is 28.4 Å². The summed E-state index contributed by atoms with van der Waals surface area (Å²) in [6, 6.07) is 1.17. The Morgan fingerprint density at radius 2 is 2.46 bits per heavy atom. The Kier molecular flexibility index (Phi) is 3.19. The SMILES string of the molecule is CCCNC(=O)c1cc(=O)[nH]cn1. The molecule has 1 heterocycles. The van der Waals surface area contributed by atoms with Gasteiger partial charge < -0.3 is 10.3 Å². The van der Waals surface area contributed by atoms with E-state index in [9.17, 15) is 9.59 Å². The van der Waals surface area contributed by atoms with Crippen LogP contribution in [0.15, 0.2) is 17.2 Å². The third-order valence-corrected chi connectivity index (χ3v) is 1.45. The molecule has 0 atom stereocenters. The minimum atomic E-state index is -0.323. The summed E-state index contributed by atoms with van der Waals surface area (Å²) in [7, 11) is 0. The molecule has 0 saturated carbocycles. The second-order valence-electron chi connectivity index (χ2n) is 2.55. The summed E-state index contributed by atoms with van der Waals surface area (Å²) in [5.41, 5.74) is -0.172. The van der Waals surface area contributed by atoms with Crippen LogP contribution in [-0.2, 0) is 0 Å². The van der Waals surface area contributed by atoms with E-state index in [1.165, 1.54) is 12.4 Å². The van der Waals surface area contributed by atoms with Crippen LogP contribution < -0.4 is 10.9 Å². The number of rotatable bonds is 3. The molecule has 5 nitrogen and oxygen atoms in total. The van der Waals surface area contributed by atoms with Crippen molar-refractivity contribution in [3.8, 4) is 0 Å². The second kappa shape index (κ2) is 4.39. The second-order valence-corrected chi connectivity index (χ2v) is 2.55. The predicted molar refractivity (Wildman–Crippen MR) is 47.5 cm³/mol. The number of H-pyrrole nitrogens is 1. The molecule has 0 bridgehead atoms. The molecule has 0 aliphatic carbocycles. The summed E-state index contributed by atoms with van der Waals surface area (Å²) in [6.45, 7) is 2.54. The van der Waals surface area contributed by atoms with Crippen LogP contribution >= 0.6 is 0 Å². The lowest BCUT2D eigenvalue weighted by molar-refractivity contribution is 0.0948. The van der Waals surface area contributed by atoms with E-state index < -0.39 is 0 Å². The maximum absolute atomic E-state index is 11.2. The van der Waals surface area contributed by atoms with Gasteiger partial charge in [0.25, 0.3) is 11.5 Å². The Hall–Kier alpha value is -1.65. The molecule has 1 aromatic rings. The third kappa shape index (κ3) is 2.70. The molecule has 2 N–H and O–H groups in total. The number of aromatic nitrogens is 2. The first-order valence-corrected chi connectivity index (χ1v) is 4.07. The fourth-order valence-corrected chi connectivity index (χ4v) is 0.822. The smallest absolute Gasteiger partial charge is 0.270 e. The van der Waals surface area contributed by atoms with E-state index in [0.29, 0.717) is 6.54 Å². The van der Waals surface area contributed by atoms with Gasteiger partial charge in [-0.15, -0.1) is 0 Å². The molecular formula is C8H11N3O2. The molecule has 0 fully saturated rings. The first-order valence-electron chi connectivity index (χ1n) is 4.07. The van der Waals surface area contributed by atoms with Crippen LogP contribution in [0, 0.1) is 0 Å². The monoisotopic (exact) mass is 181 g/mol. The van der Waals surface area contributed by atoms with E-state index in [2.05, 4.69) is 15.3 Å². The highest BCUT2D eigenvalue weighted by molar-refractivity contribution is 5.91. The van der Waals surface area contributed by atoms with Gasteiger partial charge in [0.1, 0.15) is 5.69 Å². The number of carbonyl (C=O) groups excluding carboxylic acids is 1. The minimum Gasteiger partial charge on any atom is -0.351 e. The highest BCUT2D eigenvalue weighted by atomic mass is 16.2. The Morgan fingerprint density at radius 1 is 1.69 bits per heavy atom. The minimum absolute atomic E-state index is 0.150. The fourth-order valence-electron chi connectivity index (χ4n) is 0.822. The van der Waals surface area contributed by atoms with E-state index in [4.69, 9.17) is 0 Å². The number of hydrogen-bond donors (Lipinski definition) is 2. The largest absolute Gasteiger partial charge is 0.351 e. The average Bonchev–Trinajstić information content (AvgIpc) is 2.14. The molecule has 5 heteroatoms. The van der Waals surface area contributed by atoms with Crippen molar-refractivity contribution < 1.29 is 4.79 Å². The van der Waals surface area contributed by atoms with Gasteiger partial charge in [-0.1, -0.05) is 6.92 Å². The summed E-state index contributed by atoms with van der Waals surface area (Å²) >= 11 is 0. The number of hydrogen-bond acceptors (Lipinski definition) is 3. The first-order chi connectivity index (χ1) is 6.24. The summed E-state index contributed by atoms with van der Waals surface area (Å²) in [4.78, 5) is 28.1. The lowest BCUT2D eigenvalue weighted by Gasteiger charge is -2.00. The fraction of sp³-hybridized carbons (Fsp3) is 0.375. The van der Waals surface area contributed by atoms with Crippen LogP contribution in [0.3, 0.4) is 0 Å². The molecule has 1 aromatic heterocycles. The molecule has 0 aliphatic heterocycles. The van der Waals surface area contributed by atoms with Crippen molar-refractivity contribution in [2.75, 3.05) is 6.54 Å². The molecule has 0 radical (unpaired) electrons. The highest BCUT2D eigenvalue weighted by Gasteiger charge is 2.05. The number of nitrogens with zero attached hydrogens (tertiary/aromatic N) is 1. The number of aromatic amines is 1. The average molecular weight is 181 g/mol. The number of carbonyl (C=O) groups is 1. The van der Waals surface area contributed by atoms with E-state index >= 15 is 0 Å². The van der Waals surface area contributed by atoms with E-state index in [1.807, 2.05) is 6.92 Å². The molecule has 0 aromatic carbocycles. The van der Waals surface area contributed by atoms with Gasteiger partial charge >= 0.3 is 0 Å². The summed E-state index contributed by atoms with van der Waals surface area (Å²) in [6.07, 6.45) is 2.07. The quantitative estimate of drug-likeness (QED) is 0.684. The normalized spacial score (nSPS) is 9.62. The predicted octanol–water partition coefficient (Wildman–Crippen LogP) is -0.0903. The third-order valence-electron chi connectivity index (χ3n) is 1.45. The van der Waals surface area contributed by atoms with Crippen LogP contribution in [0.1, 0.15) is 23.8 Å². The van der Waals surface area contributed by atoms with Crippen molar-refractivity contribution in [2.45, 2.75) is 13.3 Å². The Bertz CT molecular complexity index is 345. The molecule has 13 heavy (non-hydrogen) atoms. The van der Waals surface area contributed by atoms with E-state index in [-0.39, 0.29) is 17.2 Å².